The number of imidazole rings is 1. The third-order valence-corrected chi connectivity index (χ3v) is 3.62. The smallest absolute Gasteiger partial charge is 0.141 e. The number of aromatic nitrogens is 2. The maximum Gasteiger partial charge on any atom is 0.141 e. The molecule has 0 radical (unpaired) electrons. The second kappa shape index (κ2) is 4.88. The minimum absolute atomic E-state index is 0.199. The van der Waals surface area contributed by atoms with Gasteiger partial charge in [0.15, 0.2) is 0 Å². The van der Waals surface area contributed by atoms with Crippen LogP contribution in [0.1, 0.15) is 25.5 Å². The Hall–Kier alpha value is -2.36. The summed E-state index contributed by atoms with van der Waals surface area (Å²) in [5.41, 5.74) is 3.26. The van der Waals surface area contributed by atoms with Crippen LogP contribution in [0.5, 0.6) is 5.75 Å². The normalized spacial score (nSPS) is 11.5. The number of nitrogens with zero attached hydrogens (tertiary/aromatic N) is 2. The number of phenols is 1. The van der Waals surface area contributed by atoms with Crippen molar-refractivity contribution >= 4 is 11.0 Å². The van der Waals surface area contributed by atoms with Crippen LogP contribution >= 0.6 is 0 Å². The SMILES string of the molecule is Cc1cc(-c2nc3cc(F)ccc3n2C(C)C)ccc1O. The summed E-state index contributed by atoms with van der Waals surface area (Å²) >= 11 is 0. The lowest BCUT2D eigenvalue weighted by Gasteiger charge is -2.13. The maximum absolute atomic E-state index is 13.4. The Kier molecular flexibility index (Phi) is 3.16. The fourth-order valence-corrected chi connectivity index (χ4v) is 2.59. The molecule has 4 heteroatoms. The van der Waals surface area contributed by atoms with Gasteiger partial charge in [-0.2, -0.15) is 0 Å². The summed E-state index contributed by atoms with van der Waals surface area (Å²) in [5, 5.41) is 9.67. The number of hydrogen-bond donors (Lipinski definition) is 1. The van der Waals surface area contributed by atoms with Crippen LogP contribution in [-0.2, 0) is 0 Å². The van der Waals surface area contributed by atoms with E-state index in [1.54, 1.807) is 12.1 Å². The second-order valence-corrected chi connectivity index (χ2v) is 5.53. The third-order valence-electron chi connectivity index (χ3n) is 3.62. The van der Waals surface area contributed by atoms with Crippen LogP contribution in [0.2, 0.25) is 0 Å². The molecule has 3 rings (SSSR count). The highest BCUT2D eigenvalue weighted by atomic mass is 19.1. The van der Waals surface area contributed by atoms with Gasteiger partial charge >= 0.3 is 0 Å². The van der Waals surface area contributed by atoms with Gasteiger partial charge in [0.2, 0.25) is 0 Å². The Balaban J connectivity index is 2.30. The Morgan fingerprint density at radius 3 is 2.57 bits per heavy atom. The summed E-state index contributed by atoms with van der Waals surface area (Å²) in [6.45, 7) is 5.99. The van der Waals surface area contributed by atoms with Gasteiger partial charge in [0, 0.05) is 17.7 Å². The molecule has 0 aliphatic heterocycles. The van der Waals surface area contributed by atoms with Crippen molar-refractivity contribution in [2.75, 3.05) is 0 Å². The van der Waals surface area contributed by atoms with Gasteiger partial charge in [-0.25, -0.2) is 9.37 Å². The molecule has 3 nitrogen and oxygen atoms in total. The zero-order chi connectivity index (χ0) is 15.1. The Bertz CT molecular complexity index is 821. The summed E-state index contributed by atoms with van der Waals surface area (Å²) in [6.07, 6.45) is 0. The van der Waals surface area contributed by atoms with Crippen LogP contribution in [0.4, 0.5) is 4.39 Å². The average molecular weight is 284 g/mol. The van der Waals surface area contributed by atoms with E-state index in [0.29, 0.717) is 5.52 Å². The first kappa shape index (κ1) is 13.6. The molecule has 0 amide bonds. The molecule has 1 N–H and O–H groups in total. The number of fused-ring (bicyclic) bond motifs is 1. The van der Waals surface area contributed by atoms with Gasteiger partial charge in [-0.05, 0) is 56.7 Å². The zero-order valence-corrected chi connectivity index (χ0v) is 12.3. The molecule has 0 saturated carbocycles. The summed E-state index contributed by atoms with van der Waals surface area (Å²) in [5.74, 6) is 0.759. The molecule has 108 valence electrons. The monoisotopic (exact) mass is 284 g/mol. The van der Waals surface area contributed by atoms with Gasteiger partial charge in [0.05, 0.1) is 11.0 Å². The standard InChI is InChI=1S/C17H17FN2O/c1-10(2)20-15-6-5-13(18)9-14(15)19-17(20)12-4-7-16(21)11(3)8-12/h4-10,21H,1-3H3. The molecule has 0 aliphatic carbocycles. The summed E-state index contributed by atoms with van der Waals surface area (Å²) in [7, 11) is 0. The van der Waals surface area contributed by atoms with Gasteiger partial charge < -0.3 is 9.67 Å². The summed E-state index contributed by atoms with van der Waals surface area (Å²) in [4.78, 5) is 4.58. The number of aryl methyl sites for hydroxylation is 1. The maximum atomic E-state index is 13.4. The molecule has 0 spiro atoms. The molecule has 0 bridgehead atoms. The molecule has 0 unspecified atom stereocenters. The highest BCUT2D eigenvalue weighted by molar-refractivity contribution is 5.81. The van der Waals surface area contributed by atoms with Gasteiger partial charge in [0.25, 0.3) is 0 Å². The molecule has 0 saturated heterocycles. The quantitative estimate of drug-likeness (QED) is 0.755. The van der Waals surface area contributed by atoms with Crippen LogP contribution in [0.3, 0.4) is 0 Å². The second-order valence-electron chi connectivity index (χ2n) is 5.53. The Labute approximate surface area is 122 Å². The van der Waals surface area contributed by atoms with Crippen molar-refractivity contribution in [2.24, 2.45) is 0 Å². The molecule has 0 aliphatic rings. The van der Waals surface area contributed by atoms with Gasteiger partial charge in [0.1, 0.15) is 17.4 Å². The topological polar surface area (TPSA) is 38.0 Å². The Morgan fingerprint density at radius 2 is 1.90 bits per heavy atom. The van der Waals surface area contributed by atoms with Crippen molar-refractivity contribution in [2.45, 2.75) is 26.8 Å². The molecule has 1 aromatic heterocycles. The van der Waals surface area contributed by atoms with E-state index in [0.717, 1.165) is 22.5 Å². The molecule has 1 heterocycles. The van der Waals surface area contributed by atoms with Crippen molar-refractivity contribution in [1.82, 2.24) is 9.55 Å². The van der Waals surface area contributed by atoms with Gasteiger partial charge in [-0.15, -0.1) is 0 Å². The lowest BCUT2D eigenvalue weighted by atomic mass is 10.1. The fourth-order valence-electron chi connectivity index (χ4n) is 2.59. The van der Waals surface area contributed by atoms with E-state index >= 15 is 0 Å². The predicted molar refractivity (Wildman–Crippen MR) is 81.9 cm³/mol. The van der Waals surface area contributed by atoms with Crippen LogP contribution < -0.4 is 0 Å². The fraction of sp³-hybridized carbons (Fsp3) is 0.235. The molecule has 21 heavy (non-hydrogen) atoms. The number of halogens is 1. The number of rotatable bonds is 2. The van der Waals surface area contributed by atoms with E-state index in [4.69, 9.17) is 0 Å². The predicted octanol–water partition coefficient (Wildman–Crippen LogP) is 4.44. The molecule has 2 aromatic carbocycles. The molecular formula is C17H17FN2O. The van der Waals surface area contributed by atoms with E-state index in [1.165, 1.54) is 12.1 Å². The summed E-state index contributed by atoms with van der Waals surface area (Å²) in [6, 6.07) is 10.2. The van der Waals surface area contributed by atoms with Gasteiger partial charge in [-0.3, -0.25) is 0 Å². The largest absolute Gasteiger partial charge is 0.508 e. The van der Waals surface area contributed by atoms with E-state index in [2.05, 4.69) is 23.4 Å². The lowest BCUT2D eigenvalue weighted by Crippen LogP contribution is -2.03. The van der Waals surface area contributed by atoms with Crippen molar-refractivity contribution in [3.05, 3.63) is 47.8 Å². The molecular weight excluding hydrogens is 267 g/mol. The number of phenolic OH excluding ortho intramolecular Hbond substituents is 1. The van der Waals surface area contributed by atoms with Crippen molar-refractivity contribution in [3.63, 3.8) is 0 Å². The number of aromatic hydroxyl groups is 1. The van der Waals surface area contributed by atoms with Crippen molar-refractivity contribution in [3.8, 4) is 17.1 Å². The highest BCUT2D eigenvalue weighted by Crippen LogP contribution is 2.30. The lowest BCUT2D eigenvalue weighted by molar-refractivity contribution is 0.471. The Morgan fingerprint density at radius 1 is 1.14 bits per heavy atom. The number of hydrogen-bond acceptors (Lipinski definition) is 2. The molecule has 3 aromatic rings. The minimum atomic E-state index is -0.288. The van der Waals surface area contributed by atoms with Crippen molar-refractivity contribution < 1.29 is 9.50 Å². The van der Waals surface area contributed by atoms with Crippen LogP contribution in [0, 0.1) is 12.7 Å². The van der Waals surface area contributed by atoms with Crippen LogP contribution in [0.25, 0.3) is 22.4 Å². The average Bonchev–Trinajstić information content (AvgIpc) is 2.80. The molecule has 0 fully saturated rings. The third kappa shape index (κ3) is 2.27. The summed E-state index contributed by atoms with van der Waals surface area (Å²) < 4.78 is 15.5. The van der Waals surface area contributed by atoms with Crippen molar-refractivity contribution in [1.29, 1.82) is 0 Å². The first-order valence-electron chi connectivity index (χ1n) is 6.95. The van der Waals surface area contributed by atoms with Crippen LogP contribution in [-0.4, -0.2) is 14.7 Å². The minimum Gasteiger partial charge on any atom is -0.508 e. The van der Waals surface area contributed by atoms with E-state index in [1.807, 2.05) is 19.1 Å². The van der Waals surface area contributed by atoms with E-state index < -0.39 is 0 Å². The molecule has 0 atom stereocenters. The first-order chi connectivity index (χ1) is 9.97. The van der Waals surface area contributed by atoms with Gasteiger partial charge in [-0.1, -0.05) is 0 Å². The number of benzene rings is 2. The van der Waals surface area contributed by atoms with E-state index in [-0.39, 0.29) is 17.6 Å². The van der Waals surface area contributed by atoms with Crippen LogP contribution in [0.15, 0.2) is 36.4 Å². The highest BCUT2D eigenvalue weighted by Gasteiger charge is 2.16. The first-order valence-corrected chi connectivity index (χ1v) is 6.95. The van der Waals surface area contributed by atoms with E-state index in [9.17, 15) is 9.50 Å². The zero-order valence-electron chi connectivity index (χ0n) is 12.3.